The van der Waals surface area contributed by atoms with E-state index in [1.54, 1.807) is 12.1 Å². The van der Waals surface area contributed by atoms with Gasteiger partial charge in [0.15, 0.2) is 0 Å². The van der Waals surface area contributed by atoms with Crippen LogP contribution in [0, 0.1) is 24.0 Å². The maximum Gasteiger partial charge on any atom is 0.300 e. The highest BCUT2D eigenvalue weighted by atomic mass is 16.6. The molecule has 0 aliphatic rings. The summed E-state index contributed by atoms with van der Waals surface area (Å²) in [4.78, 5) is 37.9. The Kier molecular flexibility index (Phi) is 4.26. The maximum absolute atomic E-state index is 12.1. The highest BCUT2D eigenvalue weighted by molar-refractivity contribution is 6.11. The third kappa shape index (κ3) is 3.32. The van der Waals surface area contributed by atoms with Crippen LogP contribution in [0.3, 0.4) is 0 Å². The molecule has 0 aliphatic carbocycles. The summed E-state index contributed by atoms with van der Waals surface area (Å²) in [7, 11) is 0. The van der Waals surface area contributed by atoms with Crippen LogP contribution in [0.2, 0.25) is 0 Å². The molecule has 22 heavy (non-hydrogen) atoms. The van der Waals surface area contributed by atoms with Crippen molar-refractivity contribution >= 4 is 17.5 Å². The van der Waals surface area contributed by atoms with E-state index in [0.29, 0.717) is 5.56 Å². The minimum absolute atomic E-state index is 0.210. The van der Waals surface area contributed by atoms with Crippen LogP contribution in [0.25, 0.3) is 0 Å². The molecule has 1 aromatic carbocycles. The molecular weight excluding hydrogens is 286 g/mol. The van der Waals surface area contributed by atoms with Crippen molar-refractivity contribution in [1.29, 1.82) is 0 Å². The Bertz CT molecular complexity index is 751. The van der Waals surface area contributed by atoms with E-state index in [1.165, 1.54) is 12.3 Å². The van der Waals surface area contributed by atoms with Gasteiger partial charge in [-0.2, -0.15) is 0 Å². The second-order valence-corrected chi connectivity index (χ2v) is 4.81. The Labute approximate surface area is 126 Å². The summed E-state index contributed by atoms with van der Waals surface area (Å²) in [5, 5.41) is 13.0. The number of hydrogen-bond acceptors (Lipinski definition) is 5. The molecule has 0 aliphatic heterocycles. The van der Waals surface area contributed by atoms with Crippen LogP contribution in [-0.2, 0) is 0 Å². The van der Waals surface area contributed by atoms with Crippen LogP contribution in [0.15, 0.2) is 36.7 Å². The molecule has 0 spiro atoms. The van der Waals surface area contributed by atoms with E-state index in [0.717, 1.165) is 17.3 Å². The zero-order chi connectivity index (χ0) is 16.3. The van der Waals surface area contributed by atoms with Gasteiger partial charge in [0, 0.05) is 11.8 Å². The second-order valence-electron chi connectivity index (χ2n) is 4.81. The molecular formula is C15H13N3O4. The van der Waals surface area contributed by atoms with Crippen LogP contribution in [0.1, 0.15) is 31.8 Å². The Hall–Kier alpha value is -3.09. The van der Waals surface area contributed by atoms with Crippen LogP contribution in [0.5, 0.6) is 0 Å². The van der Waals surface area contributed by atoms with Gasteiger partial charge in [0.2, 0.25) is 0 Å². The van der Waals surface area contributed by atoms with Crippen molar-refractivity contribution in [3.05, 3.63) is 69.0 Å². The van der Waals surface area contributed by atoms with Crippen LogP contribution in [0.4, 0.5) is 5.69 Å². The van der Waals surface area contributed by atoms with Crippen LogP contribution in [-0.4, -0.2) is 21.7 Å². The molecule has 2 amide bonds. The van der Waals surface area contributed by atoms with Gasteiger partial charge in [-0.1, -0.05) is 17.2 Å². The van der Waals surface area contributed by atoms with E-state index in [2.05, 4.69) is 10.3 Å². The molecule has 7 nitrogen and oxygen atoms in total. The number of amides is 2. The fourth-order valence-corrected chi connectivity index (χ4v) is 2.07. The van der Waals surface area contributed by atoms with Gasteiger partial charge in [0.25, 0.3) is 17.5 Å². The van der Waals surface area contributed by atoms with Gasteiger partial charge in [-0.15, -0.1) is 0 Å². The molecule has 2 aromatic rings. The lowest BCUT2D eigenvalue weighted by Crippen LogP contribution is -2.31. The Morgan fingerprint density at radius 2 is 1.77 bits per heavy atom. The number of aryl methyl sites for hydroxylation is 2. The zero-order valence-electron chi connectivity index (χ0n) is 12.0. The molecule has 0 fully saturated rings. The molecule has 1 aromatic heterocycles. The minimum Gasteiger partial charge on any atom is -0.288 e. The molecule has 0 saturated carbocycles. The van der Waals surface area contributed by atoms with Gasteiger partial charge in [0.1, 0.15) is 11.8 Å². The fraction of sp³-hybridized carbons (Fsp3) is 0.133. The van der Waals surface area contributed by atoms with Gasteiger partial charge in [-0.05, 0) is 32.0 Å². The minimum atomic E-state index is -0.835. The average Bonchev–Trinajstić information content (AvgIpc) is 2.46. The van der Waals surface area contributed by atoms with Crippen molar-refractivity contribution in [2.75, 3.05) is 0 Å². The summed E-state index contributed by atoms with van der Waals surface area (Å²) in [5.41, 5.74) is 1.42. The summed E-state index contributed by atoms with van der Waals surface area (Å²) in [6.45, 7) is 3.67. The first-order chi connectivity index (χ1) is 10.4. The smallest absolute Gasteiger partial charge is 0.288 e. The Morgan fingerprint density at radius 3 is 2.36 bits per heavy atom. The van der Waals surface area contributed by atoms with Gasteiger partial charge >= 0.3 is 0 Å². The zero-order valence-corrected chi connectivity index (χ0v) is 12.0. The molecule has 1 N–H and O–H groups in total. The number of aromatic nitrogens is 1. The van der Waals surface area contributed by atoms with E-state index >= 15 is 0 Å². The molecule has 2 rings (SSSR count). The number of benzene rings is 1. The van der Waals surface area contributed by atoms with E-state index in [9.17, 15) is 19.7 Å². The van der Waals surface area contributed by atoms with Crippen LogP contribution >= 0.6 is 0 Å². The number of rotatable bonds is 3. The second kappa shape index (κ2) is 6.13. The van der Waals surface area contributed by atoms with E-state index < -0.39 is 22.4 Å². The summed E-state index contributed by atoms with van der Waals surface area (Å²) < 4.78 is 0. The first-order valence-electron chi connectivity index (χ1n) is 6.41. The predicted octanol–water partition coefficient (Wildman–Crippen LogP) is 2.18. The number of nitrogens with zero attached hydrogens (tertiary/aromatic N) is 2. The number of imide groups is 1. The van der Waals surface area contributed by atoms with Crippen molar-refractivity contribution in [3.63, 3.8) is 0 Å². The lowest BCUT2D eigenvalue weighted by atomic mass is 10.1. The predicted molar refractivity (Wildman–Crippen MR) is 78.6 cm³/mol. The summed E-state index contributed by atoms with van der Waals surface area (Å²) in [5.74, 6) is -1.44. The average molecular weight is 299 g/mol. The molecule has 112 valence electrons. The summed E-state index contributed by atoms with van der Waals surface area (Å²) in [6.07, 6.45) is 2.22. The third-order valence-corrected chi connectivity index (χ3v) is 2.95. The van der Waals surface area contributed by atoms with Gasteiger partial charge in [-0.3, -0.25) is 30.0 Å². The fourth-order valence-electron chi connectivity index (χ4n) is 2.07. The van der Waals surface area contributed by atoms with Crippen molar-refractivity contribution in [3.8, 4) is 0 Å². The molecule has 1 heterocycles. The number of nitrogens with one attached hydrogen (secondary N) is 1. The van der Waals surface area contributed by atoms with Crippen molar-refractivity contribution in [2.24, 2.45) is 0 Å². The standard InChI is InChI=1S/C15H13N3O4/c1-9-5-10(2)7-11(6-9)14(19)17-15(20)12-3-4-16-8-13(12)18(21)22/h3-8H,1-2H3,(H,17,19,20). The molecule has 7 heteroatoms. The molecule has 0 saturated heterocycles. The van der Waals surface area contributed by atoms with E-state index in [-0.39, 0.29) is 5.56 Å². The largest absolute Gasteiger partial charge is 0.300 e. The Morgan fingerprint density at radius 1 is 1.14 bits per heavy atom. The highest BCUT2D eigenvalue weighted by Crippen LogP contribution is 2.16. The highest BCUT2D eigenvalue weighted by Gasteiger charge is 2.22. The normalized spacial score (nSPS) is 10.1. The first kappa shape index (κ1) is 15.3. The van der Waals surface area contributed by atoms with Crippen molar-refractivity contribution in [1.82, 2.24) is 10.3 Å². The Balaban J connectivity index is 2.25. The first-order valence-corrected chi connectivity index (χ1v) is 6.41. The number of hydrogen-bond donors (Lipinski definition) is 1. The third-order valence-electron chi connectivity index (χ3n) is 2.95. The van der Waals surface area contributed by atoms with Gasteiger partial charge in [0.05, 0.1) is 4.92 Å². The van der Waals surface area contributed by atoms with Gasteiger partial charge in [-0.25, -0.2) is 0 Å². The topological polar surface area (TPSA) is 102 Å². The SMILES string of the molecule is Cc1cc(C)cc(C(=O)NC(=O)c2ccncc2[N+](=O)[O-])c1. The summed E-state index contributed by atoms with van der Waals surface area (Å²) in [6, 6.07) is 6.36. The number of carbonyl (C=O) groups excluding carboxylic acids is 2. The monoisotopic (exact) mass is 299 g/mol. The molecule has 0 bridgehead atoms. The molecule has 0 radical (unpaired) electrons. The van der Waals surface area contributed by atoms with Crippen LogP contribution < -0.4 is 5.32 Å². The number of nitro groups is 1. The quantitative estimate of drug-likeness (QED) is 0.531. The van der Waals surface area contributed by atoms with Crippen molar-refractivity contribution < 1.29 is 14.5 Å². The lowest BCUT2D eigenvalue weighted by molar-refractivity contribution is -0.385. The van der Waals surface area contributed by atoms with E-state index in [4.69, 9.17) is 0 Å². The lowest BCUT2D eigenvalue weighted by Gasteiger charge is -2.06. The maximum atomic E-state index is 12.1. The molecule has 0 unspecified atom stereocenters. The summed E-state index contributed by atoms with van der Waals surface area (Å²) >= 11 is 0. The van der Waals surface area contributed by atoms with Crippen molar-refractivity contribution in [2.45, 2.75) is 13.8 Å². The van der Waals surface area contributed by atoms with Gasteiger partial charge < -0.3 is 0 Å². The van der Waals surface area contributed by atoms with E-state index in [1.807, 2.05) is 19.9 Å². The number of pyridine rings is 1. The molecule has 0 atom stereocenters. The number of carbonyl (C=O) groups is 2.